The van der Waals surface area contributed by atoms with Crippen LogP contribution in [0, 0.1) is 5.92 Å². The minimum absolute atomic E-state index is 0.0615. The molecule has 0 aliphatic carbocycles. The van der Waals surface area contributed by atoms with Crippen LogP contribution in [0.5, 0.6) is 0 Å². The Morgan fingerprint density at radius 3 is 3.07 bits per heavy atom. The average molecular weight is 201 g/mol. The number of aliphatic hydroxyl groups is 1. The van der Waals surface area contributed by atoms with E-state index >= 15 is 0 Å². The number of urea groups is 1. The number of rotatable bonds is 3. The molecule has 0 spiro atoms. The minimum atomic E-state index is -0.0615. The first-order chi connectivity index (χ1) is 6.77. The van der Waals surface area contributed by atoms with Crippen LogP contribution in [-0.4, -0.2) is 48.8 Å². The zero-order valence-electron chi connectivity index (χ0n) is 8.41. The topological polar surface area (TPSA) is 78.6 Å². The summed E-state index contributed by atoms with van der Waals surface area (Å²) in [6.07, 6.45) is 1.98. The molecule has 14 heavy (non-hydrogen) atoms. The number of piperidine rings is 1. The van der Waals surface area contributed by atoms with Gasteiger partial charge in [0.05, 0.1) is 0 Å². The van der Waals surface area contributed by atoms with Crippen molar-refractivity contribution in [2.75, 3.05) is 32.8 Å². The van der Waals surface area contributed by atoms with Gasteiger partial charge in [0.25, 0.3) is 0 Å². The lowest BCUT2D eigenvalue weighted by molar-refractivity contribution is 0.130. The summed E-state index contributed by atoms with van der Waals surface area (Å²) < 4.78 is 0. The Kier molecular flexibility index (Phi) is 4.69. The number of hydrogen-bond acceptors (Lipinski definition) is 3. The van der Waals surface area contributed by atoms with E-state index in [2.05, 4.69) is 5.32 Å². The maximum Gasteiger partial charge on any atom is 0.317 e. The molecule has 5 nitrogen and oxygen atoms in total. The van der Waals surface area contributed by atoms with Crippen molar-refractivity contribution in [3.8, 4) is 0 Å². The van der Waals surface area contributed by atoms with Crippen LogP contribution in [0.3, 0.4) is 0 Å². The van der Waals surface area contributed by atoms with Crippen molar-refractivity contribution in [2.24, 2.45) is 11.7 Å². The number of carbonyl (C=O) groups excluding carboxylic acids is 1. The lowest BCUT2D eigenvalue weighted by Gasteiger charge is -2.31. The molecule has 1 rings (SSSR count). The molecule has 0 aromatic rings. The minimum Gasteiger partial charge on any atom is -0.396 e. The van der Waals surface area contributed by atoms with E-state index in [9.17, 15) is 4.79 Å². The molecule has 0 bridgehead atoms. The second-order valence-corrected chi connectivity index (χ2v) is 3.66. The Labute approximate surface area is 84.3 Å². The number of nitrogens with one attached hydrogen (secondary N) is 1. The molecule has 1 fully saturated rings. The zero-order chi connectivity index (χ0) is 10.4. The Bertz CT molecular complexity index is 187. The lowest BCUT2D eigenvalue weighted by atomic mass is 9.99. The molecule has 82 valence electrons. The van der Waals surface area contributed by atoms with Gasteiger partial charge in [-0.3, -0.25) is 0 Å². The first-order valence-corrected chi connectivity index (χ1v) is 5.11. The summed E-state index contributed by atoms with van der Waals surface area (Å²) in [5, 5.41) is 11.7. The summed E-state index contributed by atoms with van der Waals surface area (Å²) >= 11 is 0. The van der Waals surface area contributed by atoms with Crippen LogP contribution in [0.25, 0.3) is 0 Å². The van der Waals surface area contributed by atoms with Crippen molar-refractivity contribution in [2.45, 2.75) is 12.8 Å². The number of nitrogens with zero attached hydrogens (tertiary/aromatic N) is 1. The van der Waals surface area contributed by atoms with Gasteiger partial charge in [0.1, 0.15) is 0 Å². The third-order valence-corrected chi connectivity index (χ3v) is 2.48. The molecule has 0 radical (unpaired) electrons. The molecule has 0 aromatic heterocycles. The molecule has 2 amide bonds. The van der Waals surface area contributed by atoms with Gasteiger partial charge in [0, 0.05) is 32.8 Å². The summed E-state index contributed by atoms with van der Waals surface area (Å²) in [6, 6.07) is -0.0615. The fourth-order valence-electron chi connectivity index (χ4n) is 1.69. The number of likely N-dealkylation sites (tertiary alicyclic amines) is 1. The smallest absolute Gasteiger partial charge is 0.317 e. The van der Waals surface area contributed by atoms with Crippen LogP contribution in [0.4, 0.5) is 4.79 Å². The van der Waals surface area contributed by atoms with Crippen LogP contribution in [-0.2, 0) is 0 Å². The van der Waals surface area contributed by atoms with Gasteiger partial charge >= 0.3 is 6.03 Å². The highest BCUT2D eigenvalue weighted by molar-refractivity contribution is 5.74. The van der Waals surface area contributed by atoms with Gasteiger partial charge in [-0.2, -0.15) is 0 Å². The first-order valence-electron chi connectivity index (χ1n) is 5.11. The van der Waals surface area contributed by atoms with Crippen molar-refractivity contribution in [1.29, 1.82) is 0 Å². The average Bonchev–Trinajstić information content (AvgIpc) is 2.26. The first kappa shape index (κ1) is 11.3. The molecule has 1 heterocycles. The summed E-state index contributed by atoms with van der Waals surface area (Å²) in [5.41, 5.74) is 5.29. The SMILES string of the molecule is NCCNC(=O)N1CCCC(CO)C1. The Balaban J connectivity index is 2.31. The second kappa shape index (κ2) is 5.82. The molecule has 5 heteroatoms. The lowest BCUT2D eigenvalue weighted by Crippen LogP contribution is -2.47. The third kappa shape index (κ3) is 3.16. The third-order valence-electron chi connectivity index (χ3n) is 2.48. The Morgan fingerprint density at radius 2 is 2.43 bits per heavy atom. The van der Waals surface area contributed by atoms with E-state index in [0.717, 1.165) is 19.4 Å². The molecule has 0 aromatic carbocycles. The van der Waals surface area contributed by atoms with E-state index in [4.69, 9.17) is 10.8 Å². The number of amides is 2. The van der Waals surface area contributed by atoms with Gasteiger partial charge in [-0.25, -0.2) is 4.79 Å². The number of carbonyl (C=O) groups is 1. The van der Waals surface area contributed by atoms with Gasteiger partial charge in [-0.1, -0.05) is 0 Å². The van der Waals surface area contributed by atoms with Crippen molar-refractivity contribution in [1.82, 2.24) is 10.2 Å². The second-order valence-electron chi connectivity index (χ2n) is 3.66. The largest absolute Gasteiger partial charge is 0.396 e. The predicted octanol–water partition coefficient (Wildman–Crippen LogP) is -0.641. The normalized spacial score (nSPS) is 22.1. The summed E-state index contributed by atoms with van der Waals surface area (Å²) in [6.45, 7) is 2.59. The van der Waals surface area contributed by atoms with Gasteiger partial charge in [-0.05, 0) is 18.8 Å². The maximum atomic E-state index is 11.5. The molecule has 1 saturated heterocycles. The van der Waals surface area contributed by atoms with E-state index < -0.39 is 0 Å². The fraction of sp³-hybridized carbons (Fsp3) is 0.889. The van der Waals surface area contributed by atoms with Crippen molar-refractivity contribution >= 4 is 6.03 Å². The van der Waals surface area contributed by atoms with E-state index in [1.807, 2.05) is 0 Å². The van der Waals surface area contributed by atoms with Crippen LogP contribution in [0.2, 0.25) is 0 Å². The molecule has 4 N–H and O–H groups in total. The van der Waals surface area contributed by atoms with Crippen molar-refractivity contribution in [3.05, 3.63) is 0 Å². The molecule has 1 aliphatic rings. The van der Waals surface area contributed by atoms with Gasteiger partial charge in [-0.15, -0.1) is 0 Å². The highest BCUT2D eigenvalue weighted by Crippen LogP contribution is 2.15. The molecule has 0 saturated carbocycles. The summed E-state index contributed by atoms with van der Waals surface area (Å²) in [7, 11) is 0. The maximum absolute atomic E-state index is 11.5. The molecule has 1 atom stereocenters. The van der Waals surface area contributed by atoms with Crippen molar-refractivity contribution < 1.29 is 9.90 Å². The number of nitrogens with two attached hydrogens (primary N) is 1. The Hall–Kier alpha value is -0.810. The molecule has 1 unspecified atom stereocenters. The molecular weight excluding hydrogens is 182 g/mol. The highest BCUT2D eigenvalue weighted by Gasteiger charge is 2.22. The summed E-state index contributed by atoms with van der Waals surface area (Å²) in [4.78, 5) is 13.2. The number of aliphatic hydroxyl groups excluding tert-OH is 1. The highest BCUT2D eigenvalue weighted by atomic mass is 16.3. The van der Waals surface area contributed by atoms with Crippen molar-refractivity contribution in [3.63, 3.8) is 0 Å². The van der Waals surface area contributed by atoms with Crippen LogP contribution in [0.15, 0.2) is 0 Å². The number of hydrogen-bond donors (Lipinski definition) is 3. The predicted molar refractivity (Wildman–Crippen MR) is 53.8 cm³/mol. The van der Waals surface area contributed by atoms with E-state index in [0.29, 0.717) is 19.6 Å². The van der Waals surface area contributed by atoms with Crippen LogP contribution >= 0.6 is 0 Å². The molecular formula is C9H19N3O2. The zero-order valence-corrected chi connectivity index (χ0v) is 8.41. The van der Waals surface area contributed by atoms with Gasteiger partial charge in [0.2, 0.25) is 0 Å². The van der Waals surface area contributed by atoms with Gasteiger partial charge in [0.15, 0.2) is 0 Å². The monoisotopic (exact) mass is 201 g/mol. The Morgan fingerprint density at radius 1 is 1.64 bits per heavy atom. The van der Waals surface area contributed by atoms with E-state index in [-0.39, 0.29) is 18.6 Å². The fourth-order valence-corrected chi connectivity index (χ4v) is 1.69. The van der Waals surface area contributed by atoms with E-state index in [1.54, 1.807) is 4.90 Å². The van der Waals surface area contributed by atoms with E-state index in [1.165, 1.54) is 0 Å². The van der Waals surface area contributed by atoms with Gasteiger partial charge < -0.3 is 21.1 Å². The molecule has 1 aliphatic heterocycles. The summed E-state index contributed by atoms with van der Waals surface area (Å²) in [5.74, 6) is 0.243. The van der Waals surface area contributed by atoms with Crippen LogP contribution < -0.4 is 11.1 Å². The quantitative estimate of drug-likeness (QED) is 0.568. The van der Waals surface area contributed by atoms with Crippen LogP contribution in [0.1, 0.15) is 12.8 Å². The standard InChI is InChI=1S/C9H19N3O2/c10-3-4-11-9(14)12-5-1-2-8(6-12)7-13/h8,13H,1-7,10H2,(H,11,14).